The third-order valence-electron chi connectivity index (χ3n) is 4.10. The fraction of sp³-hybridized carbons (Fsp3) is 0.150. The van der Waals surface area contributed by atoms with Gasteiger partial charge in [0.1, 0.15) is 0 Å². The van der Waals surface area contributed by atoms with E-state index in [1.54, 1.807) is 12.1 Å². The first-order valence-corrected chi connectivity index (χ1v) is 8.43. The quantitative estimate of drug-likeness (QED) is 0.743. The van der Waals surface area contributed by atoms with Gasteiger partial charge in [0.25, 0.3) is 5.91 Å². The highest BCUT2D eigenvalue weighted by Gasteiger charge is 2.21. The molecule has 0 spiro atoms. The summed E-state index contributed by atoms with van der Waals surface area (Å²) < 4.78 is 5.07. The summed E-state index contributed by atoms with van der Waals surface area (Å²) in [6, 6.07) is 21.1. The maximum Gasteiger partial charge on any atom is 0.251 e. The Morgan fingerprint density at radius 3 is 2.50 bits per heavy atom. The molecule has 2 heterocycles. The minimum atomic E-state index is -0.104. The molecule has 1 aromatic heterocycles. The van der Waals surface area contributed by atoms with Crippen LogP contribution in [0.3, 0.4) is 0 Å². The summed E-state index contributed by atoms with van der Waals surface area (Å²) in [6.07, 6.45) is 0. The molecule has 130 valence electrons. The van der Waals surface area contributed by atoms with E-state index in [1.807, 2.05) is 54.6 Å². The van der Waals surface area contributed by atoms with E-state index in [2.05, 4.69) is 20.8 Å². The molecule has 1 aliphatic rings. The van der Waals surface area contributed by atoms with Crippen molar-refractivity contribution in [2.45, 2.75) is 6.04 Å². The standard InChI is InChI=1S/C20H18N4O2/c25-20(22-17-12-26-13-17)15-7-4-8-16(11-15)21-19-10-9-18(23-24-19)14-5-2-1-3-6-14/h1-11,17H,12-13H2,(H,21,24)(H,22,25). The van der Waals surface area contributed by atoms with Crippen LogP contribution in [0.25, 0.3) is 11.3 Å². The van der Waals surface area contributed by atoms with Crippen molar-refractivity contribution < 1.29 is 9.53 Å². The van der Waals surface area contributed by atoms with Gasteiger partial charge in [0.2, 0.25) is 0 Å². The van der Waals surface area contributed by atoms with E-state index in [4.69, 9.17) is 4.74 Å². The molecule has 0 aliphatic carbocycles. The van der Waals surface area contributed by atoms with Crippen LogP contribution in [0, 0.1) is 0 Å². The van der Waals surface area contributed by atoms with Crippen LogP contribution in [0.2, 0.25) is 0 Å². The highest BCUT2D eigenvalue weighted by atomic mass is 16.5. The molecule has 3 aromatic rings. The van der Waals surface area contributed by atoms with Crippen molar-refractivity contribution in [1.82, 2.24) is 15.5 Å². The predicted molar refractivity (Wildman–Crippen MR) is 99.3 cm³/mol. The minimum Gasteiger partial charge on any atom is -0.377 e. The number of ether oxygens (including phenoxy) is 1. The third kappa shape index (κ3) is 3.70. The monoisotopic (exact) mass is 346 g/mol. The van der Waals surface area contributed by atoms with E-state index in [9.17, 15) is 4.79 Å². The maximum atomic E-state index is 12.2. The average molecular weight is 346 g/mol. The number of nitrogens with zero attached hydrogens (tertiary/aromatic N) is 2. The summed E-state index contributed by atoms with van der Waals surface area (Å²) >= 11 is 0. The van der Waals surface area contributed by atoms with Crippen LogP contribution >= 0.6 is 0 Å². The fourth-order valence-electron chi connectivity index (χ4n) is 2.64. The van der Waals surface area contributed by atoms with Crippen molar-refractivity contribution in [2.75, 3.05) is 18.5 Å². The molecule has 6 heteroatoms. The minimum absolute atomic E-state index is 0.104. The van der Waals surface area contributed by atoms with Crippen LogP contribution in [0.5, 0.6) is 0 Å². The van der Waals surface area contributed by atoms with Crippen LogP contribution in [-0.4, -0.2) is 35.4 Å². The zero-order chi connectivity index (χ0) is 17.8. The van der Waals surface area contributed by atoms with Gasteiger partial charge in [0, 0.05) is 16.8 Å². The summed E-state index contributed by atoms with van der Waals surface area (Å²) in [5, 5.41) is 14.6. The van der Waals surface area contributed by atoms with Gasteiger partial charge in [-0.05, 0) is 30.3 Å². The molecule has 0 radical (unpaired) electrons. The molecule has 4 rings (SSSR count). The molecule has 2 N–H and O–H groups in total. The van der Waals surface area contributed by atoms with Gasteiger partial charge in [-0.15, -0.1) is 10.2 Å². The maximum absolute atomic E-state index is 12.2. The molecule has 0 unspecified atom stereocenters. The number of amides is 1. The molecular formula is C20H18N4O2. The van der Waals surface area contributed by atoms with Crippen molar-refractivity contribution in [3.63, 3.8) is 0 Å². The second-order valence-corrected chi connectivity index (χ2v) is 6.08. The van der Waals surface area contributed by atoms with Crippen molar-refractivity contribution in [1.29, 1.82) is 0 Å². The molecule has 1 fully saturated rings. The molecule has 26 heavy (non-hydrogen) atoms. The van der Waals surface area contributed by atoms with E-state index in [1.165, 1.54) is 0 Å². The first kappa shape index (κ1) is 16.2. The molecule has 1 aliphatic heterocycles. The summed E-state index contributed by atoms with van der Waals surface area (Å²) in [6.45, 7) is 1.15. The van der Waals surface area contributed by atoms with Crippen molar-refractivity contribution in [3.05, 3.63) is 72.3 Å². The number of rotatable bonds is 5. The molecule has 6 nitrogen and oxygen atoms in total. The normalized spacial score (nSPS) is 13.7. The zero-order valence-electron chi connectivity index (χ0n) is 14.1. The number of carbonyl (C=O) groups excluding carboxylic acids is 1. The number of anilines is 2. The van der Waals surface area contributed by atoms with Gasteiger partial charge < -0.3 is 15.4 Å². The lowest BCUT2D eigenvalue weighted by Gasteiger charge is -2.26. The Balaban J connectivity index is 1.45. The number of benzene rings is 2. The summed E-state index contributed by atoms with van der Waals surface area (Å²) in [5.74, 6) is 0.516. The van der Waals surface area contributed by atoms with E-state index in [-0.39, 0.29) is 11.9 Å². The smallest absolute Gasteiger partial charge is 0.251 e. The average Bonchev–Trinajstić information content (AvgIpc) is 2.66. The lowest BCUT2D eigenvalue weighted by atomic mass is 10.1. The second kappa shape index (κ2) is 7.33. The molecule has 1 saturated heterocycles. The van der Waals surface area contributed by atoms with Crippen molar-refractivity contribution in [3.8, 4) is 11.3 Å². The number of nitrogens with one attached hydrogen (secondary N) is 2. The Kier molecular flexibility index (Phi) is 4.57. The summed E-state index contributed by atoms with van der Waals surface area (Å²) in [4.78, 5) is 12.2. The van der Waals surface area contributed by atoms with Gasteiger partial charge >= 0.3 is 0 Å². The summed E-state index contributed by atoms with van der Waals surface area (Å²) in [7, 11) is 0. The molecule has 0 atom stereocenters. The first-order valence-electron chi connectivity index (χ1n) is 8.43. The van der Waals surface area contributed by atoms with Crippen molar-refractivity contribution >= 4 is 17.4 Å². The van der Waals surface area contributed by atoms with Gasteiger partial charge in [-0.2, -0.15) is 0 Å². The molecule has 1 amide bonds. The Bertz CT molecular complexity index is 893. The fourth-order valence-corrected chi connectivity index (χ4v) is 2.64. The van der Waals surface area contributed by atoms with Crippen LogP contribution in [-0.2, 0) is 4.74 Å². The SMILES string of the molecule is O=C(NC1COC1)c1cccc(Nc2ccc(-c3ccccc3)nn2)c1. The molecule has 2 aromatic carbocycles. The largest absolute Gasteiger partial charge is 0.377 e. The number of aromatic nitrogens is 2. The predicted octanol–water partition coefficient (Wildman–Crippen LogP) is 3.02. The molecule has 0 saturated carbocycles. The van der Waals surface area contributed by atoms with Gasteiger partial charge in [0.15, 0.2) is 5.82 Å². The number of hydrogen-bond donors (Lipinski definition) is 2. The van der Waals surface area contributed by atoms with Crippen LogP contribution < -0.4 is 10.6 Å². The Morgan fingerprint density at radius 1 is 0.962 bits per heavy atom. The van der Waals surface area contributed by atoms with Gasteiger partial charge in [-0.3, -0.25) is 4.79 Å². The lowest BCUT2D eigenvalue weighted by molar-refractivity contribution is -0.00346. The van der Waals surface area contributed by atoms with E-state index < -0.39 is 0 Å². The number of hydrogen-bond acceptors (Lipinski definition) is 5. The van der Waals surface area contributed by atoms with Crippen LogP contribution in [0.4, 0.5) is 11.5 Å². The Hall–Kier alpha value is -3.25. The van der Waals surface area contributed by atoms with Gasteiger partial charge in [-0.25, -0.2) is 0 Å². The van der Waals surface area contributed by atoms with E-state index >= 15 is 0 Å². The van der Waals surface area contributed by atoms with Gasteiger partial charge in [0.05, 0.1) is 24.9 Å². The van der Waals surface area contributed by atoms with Crippen LogP contribution in [0.15, 0.2) is 66.7 Å². The van der Waals surface area contributed by atoms with Gasteiger partial charge in [-0.1, -0.05) is 36.4 Å². The Labute approximate surface area is 151 Å². The summed E-state index contributed by atoms with van der Waals surface area (Å²) in [5.41, 5.74) is 3.21. The topological polar surface area (TPSA) is 76.1 Å². The second-order valence-electron chi connectivity index (χ2n) is 6.08. The first-order chi connectivity index (χ1) is 12.8. The lowest BCUT2D eigenvalue weighted by Crippen LogP contribution is -2.48. The zero-order valence-corrected chi connectivity index (χ0v) is 14.1. The number of carbonyl (C=O) groups is 1. The highest BCUT2D eigenvalue weighted by molar-refractivity contribution is 5.95. The van der Waals surface area contributed by atoms with Crippen LogP contribution in [0.1, 0.15) is 10.4 Å². The molecular weight excluding hydrogens is 328 g/mol. The highest BCUT2D eigenvalue weighted by Crippen LogP contribution is 2.19. The van der Waals surface area contributed by atoms with Crippen molar-refractivity contribution in [2.24, 2.45) is 0 Å². The van der Waals surface area contributed by atoms with E-state index in [0.717, 1.165) is 16.9 Å². The third-order valence-corrected chi connectivity index (χ3v) is 4.10. The Morgan fingerprint density at radius 2 is 1.81 bits per heavy atom. The molecule has 0 bridgehead atoms. The van der Waals surface area contributed by atoms with E-state index in [0.29, 0.717) is 24.6 Å².